The SMILES string of the molecule is O=C1CCCC1OC(=O)C(F)(SOOO)C(F)(F)F. The minimum absolute atomic E-state index is 0.0283. The molecule has 110 valence electrons. The third-order valence-electron chi connectivity index (χ3n) is 2.30. The molecule has 1 aliphatic carbocycles. The van der Waals surface area contributed by atoms with Crippen LogP contribution in [0.25, 0.3) is 0 Å². The maximum absolute atomic E-state index is 13.6. The molecule has 0 radical (unpaired) electrons. The van der Waals surface area contributed by atoms with Gasteiger partial charge in [-0.25, -0.2) is 14.4 Å². The minimum atomic E-state index is -5.69. The van der Waals surface area contributed by atoms with Gasteiger partial charge in [-0.3, -0.25) is 4.79 Å². The maximum atomic E-state index is 13.6. The molecule has 2 atom stereocenters. The monoisotopic (exact) mass is 308 g/mol. The van der Waals surface area contributed by atoms with Gasteiger partial charge in [0, 0.05) is 6.42 Å². The van der Waals surface area contributed by atoms with Crippen LogP contribution in [0, 0.1) is 0 Å². The van der Waals surface area contributed by atoms with E-state index in [0.717, 1.165) is 0 Å². The van der Waals surface area contributed by atoms with Crippen molar-refractivity contribution in [1.29, 1.82) is 0 Å². The quantitative estimate of drug-likeness (QED) is 0.273. The number of hydrogen-bond acceptors (Lipinski definition) is 7. The number of esters is 1. The zero-order chi connectivity index (χ0) is 14.7. The number of alkyl halides is 4. The predicted octanol–water partition coefficient (Wildman–Crippen LogP) is 1.95. The molecule has 0 bridgehead atoms. The van der Waals surface area contributed by atoms with Crippen molar-refractivity contribution in [2.75, 3.05) is 0 Å². The van der Waals surface area contributed by atoms with Gasteiger partial charge >= 0.3 is 17.1 Å². The van der Waals surface area contributed by atoms with Crippen LogP contribution < -0.4 is 0 Å². The van der Waals surface area contributed by atoms with E-state index < -0.39 is 41.1 Å². The van der Waals surface area contributed by atoms with Crippen LogP contribution in [0.4, 0.5) is 17.6 Å². The summed E-state index contributed by atoms with van der Waals surface area (Å²) in [5, 5.41) is 5.93. The van der Waals surface area contributed by atoms with E-state index in [1.807, 2.05) is 0 Å². The van der Waals surface area contributed by atoms with Crippen LogP contribution in [0.3, 0.4) is 0 Å². The van der Waals surface area contributed by atoms with Crippen LogP contribution in [-0.2, 0) is 23.7 Å². The summed E-state index contributed by atoms with van der Waals surface area (Å²) in [7, 11) is 0. The van der Waals surface area contributed by atoms with Crippen LogP contribution in [0.1, 0.15) is 19.3 Å². The van der Waals surface area contributed by atoms with Gasteiger partial charge in [-0.15, -0.1) is 4.33 Å². The molecule has 11 heteroatoms. The van der Waals surface area contributed by atoms with Crippen molar-refractivity contribution in [3.05, 3.63) is 0 Å². The molecular formula is C8H8F4O6S. The molecule has 1 fully saturated rings. The number of hydrogen-bond donors (Lipinski definition) is 1. The van der Waals surface area contributed by atoms with Gasteiger partial charge in [0.1, 0.15) is 0 Å². The molecule has 0 spiro atoms. The molecule has 2 unspecified atom stereocenters. The van der Waals surface area contributed by atoms with Crippen LogP contribution in [0.5, 0.6) is 0 Å². The van der Waals surface area contributed by atoms with Gasteiger partial charge in [-0.2, -0.15) is 13.2 Å². The van der Waals surface area contributed by atoms with Gasteiger partial charge in [-0.1, -0.05) is 5.04 Å². The second-order valence-electron chi connectivity index (χ2n) is 3.57. The predicted molar refractivity (Wildman–Crippen MR) is 51.0 cm³/mol. The van der Waals surface area contributed by atoms with Gasteiger partial charge in [0.25, 0.3) is 0 Å². The van der Waals surface area contributed by atoms with Crippen molar-refractivity contribution in [3.63, 3.8) is 0 Å². The van der Waals surface area contributed by atoms with Gasteiger partial charge in [0.15, 0.2) is 11.9 Å². The van der Waals surface area contributed by atoms with Crippen LogP contribution >= 0.6 is 12.0 Å². The van der Waals surface area contributed by atoms with E-state index in [4.69, 9.17) is 5.26 Å². The Morgan fingerprint density at radius 2 is 2.00 bits per heavy atom. The third-order valence-corrected chi connectivity index (χ3v) is 3.06. The summed E-state index contributed by atoms with van der Waals surface area (Å²) < 4.78 is 58.5. The molecular weight excluding hydrogens is 300 g/mol. The van der Waals surface area contributed by atoms with E-state index in [9.17, 15) is 27.2 Å². The molecule has 1 aliphatic rings. The first-order chi connectivity index (χ1) is 8.72. The number of rotatable bonds is 5. The summed E-state index contributed by atoms with van der Waals surface area (Å²) >= 11 is -1.13. The number of carbonyl (C=O) groups excluding carboxylic acids is 2. The normalized spacial score (nSPS) is 23.2. The molecule has 1 saturated carbocycles. The third kappa shape index (κ3) is 3.55. The molecule has 0 aliphatic heterocycles. The molecule has 1 N–H and O–H groups in total. The maximum Gasteiger partial charge on any atom is 0.446 e. The summed E-state index contributed by atoms with van der Waals surface area (Å²) in [4.78, 5) is 22.3. The van der Waals surface area contributed by atoms with Crippen LogP contribution in [-0.4, -0.2) is 34.3 Å². The minimum Gasteiger partial charge on any atom is -0.451 e. The number of ketones is 1. The molecule has 19 heavy (non-hydrogen) atoms. The highest BCUT2D eigenvalue weighted by Crippen LogP contribution is 2.45. The van der Waals surface area contributed by atoms with Gasteiger partial charge in [0.05, 0.1) is 12.0 Å². The second kappa shape index (κ2) is 6.03. The molecule has 0 aromatic rings. The number of Topliss-reactive ketones (excluding diaryl/α,β-unsaturated/α-hetero) is 1. The van der Waals surface area contributed by atoms with E-state index in [1.54, 1.807) is 0 Å². The first-order valence-electron chi connectivity index (χ1n) is 4.87. The fourth-order valence-electron chi connectivity index (χ4n) is 1.37. The fraction of sp³-hybridized carbons (Fsp3) is 0.750. The number of halogens is 4. The van der Waals surface area contributed by atoms with Gasteiger partial charge in [-0.05, 0) is 12.8 Å². The molecule has 0 heterocycles. The summed E-state index contributed by atoms with van der Waals surface area (Å²) in [6.45, 7) is 0. The van der Waals surface area contributed by atoms with Crippen molar-refractivity contribution in [3.8, 4) is 0 Å². The lowest BCUT2D eigenvalue weighted by Crippen LogP contribution is -2.48. The fourth-order valence-corrected chi connectivity index (χ4v) is 1.71. The van der Waals surface area contributed by atoms with Gasteiger partial charge in [0.2, 0.25) is 0 Å². The van der Waals surface area contributed by atoms with E-state index >= 15 is 0 Å². The van der Waals surface area contributed by atoms with Crippen molar-refractivity contribution in [1.82, 2.24) is 0 Å². The summed E-state index contributed by atoms with van der Waals surface area (Å²) in [5.74, 6) is -2.93. The molecule has 0 amide bonds. The largest absolute Gasteiger partial charge is 0.451 e. The topological polar surface area (TPSA) is 82.1 Å². The summed E-state index contributed by atoms with van der Waals surface area (Å²) in [5.41, 5.74) is 0. The lowest BCUT2D eigenvalue weighted by molar-refractivity contribution is -0.433. The summed E-state index contributed by atoms with van der Waals surface area (Å²) in [6, 6.07) is 0. The highest BCUT2D eigenvalue weighted by atomic mass is 32.2. The average Bonchev–Trinajstić information content (AvgIpc) is 2.70. The van der Waals surface area contributed by atoms with Crippen molar-refractivity contribution >= 4 is 23.8 Å². The Morgan fingerprint density at radius 1 is 1.37 bits per heavy atom. The zero-order valence-electron chi connectivity index (χ0n) is 9.11. The Kier molecular flexibility index (Phi) is 5.12. The standard InChI is InChI=1S/C8H8F4O6S/c9-7(8(10,11)12,19-18-17-15)6(14)16-5-3-1-2-4(5)13/h5,15H,1-3H2. The highest BCUT2D eigenvalue weighted by molar-refractivity contribution is 7.96. The first-order valence-corrected chi connectivity index (χ1v) is 5.62. The van der Waals surface area contributed by atoms with Gasteiger partial charge < -0.3 is 4.74 Å². The number of ether oxygens (including phenoxy) is 1. The molecule has 1 rings (SSSR count). The average molecular weight is 308 g/mol. The summed E-state index contributed by atoms with van der Waals surface area (Å²) in [6.07, 6.45) is -6.67. The Labute approximate surface area is 108 Å². The van der Waals surface area contributed by atoms with E-state index in [1.165, 1.54) is 0 Å². The van der Waals surface area contributed by atoms with Crippen LogP contribution in [0.15, 0.2) is 0 Å². The first kappa shape index (κ1) is 16.1. The van der Waals surface area contributed by atoms with E-state index in [0.29, 0.717) is 6.42 Å². The second-order valence-corrected chi connectivity index (χ2v) is 4.44. The zero-order valence-corrected chi connectivity index (χ0v) is 9.92. The Hall–Kier alpha value is -0.910. The van der Waals surface area contributed by atoms with Crippen molar-refractivity contribution < 1.29 is 46.5 Å². The molecule has 0 aromatic heterocycles. The lowest BCUT2D eigenvalue weighted by atomic mass is 10.3. The molecule has 0 aromatic carbocycles. The van der Waals surface area contributed by atoms with E-state index in [-0.39, 0.29) is 12.8 Å². The Bertz CT molecular complexity index is 362. The lowest BCUT2D eigenvalue weighted by Gasteiger charge is -2.24. The Balaban J connectivity index is 2.79. The molecule has 0 saturated heterocycles. The Morgan fingerprint density at radius 3 is 2.42 bits per heavy atom. The van der Waals surface area contributed by atoms with Crippen LogP contribution in [0.2, 0.25) is 0 Å². The van der Waals surface area contributed by atoms with Crippen molar-refractivity contribution in [2.45, 2.75) is 36.5 Å². The number of carbonyl (C=O) groups is 2. The van der Waals surface area contributed by atoms with E-state index in [2.05, 4.69) is 14.1 Å². The highest BCUT2D eigenvalue weighted by Gasteiger charge is 2.66. The van der Waals surface area contributed by atoms with Crippen molar-refractivity contribution in [2.24, 2.45) is 0 Å². The molecule has 6 nitrogen and oxygen atoms in total. The smallest absolute Gasteiger partial charge is 0.446 e.